The molecule has 3 heteroatoms. The van der Waals surface area contributed by atoms with Crippen LogP contribution < -0.4 is 5.56 Å². The molecule has 0 aliphatic heterocycles. The zero-order chi connectivity index (χ0) is 12.7. The van der Waals surface area contributed by atoms with Crippen molar-refractivity contribution in [1.29, 1.82) is 0 Å². The quantitative estimate of drug-likeness (QED) is 0.829. The minimum atomic E-state index is 0.132. The second-order valence-corrected chi connectivity index (χ2v) is 5.22. The van der Waals surface area contributed by atoms with Crippen LogP contribution in [0, 0.1) is 6.92 Å². The molecule has 1 fully saturated rings. The van der Waals surface area contributed by atoms with Crippen LogP contribution in [0.4, 0.5) is 0 Å². The summed E-state index contributed by atoms with van der Waals surface area (Å²) in [6.07, 6.45) is 3.32. The molecule has 3 rings (SSSR count). The van der Waals surface area contributed by atoms with Crippen LogP contribution in [-0.2, 0) is 6.54 Å². The lowest BCUT2D eigenvalue weighted by Gasteiger charge is -2.12. The van der Waals surface area contributed by atoms with Gasteiger partial charge in [-0.15, -0.1) is 0 Å². The van der Waals surface area contributed by atoms with Crippen LogP contribution in [0.1, 0.15) is 43.5 Å². The van der Waals surface area contributed by atoms with E-state index in [0.29, 0.717) is 5.92 Å². The van der Waals surface area contributed by atoms with Gasteiger partial charge in [0.1, 0.15) is 5.82 Å². The van der Waals surface area contributed by atoms with Crippen LogP contribution in [0.15, 0.2) is 23.0 Å². The minimum Gasteiger partial charge on any atom is -0.296 e. The highest BCUT2D eigenvalue weighted by atomic mass is 16.1. The van der Waals surface area contributed by atoms with Gasteiger partial charge in [-0.05, 0) is 38.3 Å². The summed E-state index contributed by atoms with van der Waals surface area (Å²) in [4.78, 5) is 17.3. The van der Waals surface area contributed by atoms with Crippen molar-refractivity contribution in [2.45, 2.75) is 45.6 Å². The molecule has 3 nitrogen and oxygen atoms in total. The van der Waals surface area contributed by atoms with E-state index in [0.717, 1.165) is 35.3 Å². The van der Waals surface area contributed by atoms with E-state index in [1.54, 1.807) is 0 Å². The zero-order valence-electron chi connectivity index (χ0n) is 10.9. The van der Waals surface area contributed by atoms with Crippen molar-refractivity contribution in [3.8, 4) is 0 Å². The van der Waals surface area contributed by atoms with Gasteiger partial charge >= 0.3 is 0 Å². The van der Waals surface area contributed by atoms with Gasteiger partial charge in [0.15, 0.2) is 0 Å². The maximum atomic E-state index is 12.5. The highest BCUT2D eigenvalue weighted by Crippen LogP contribution is 2.38. The summed E-state index contributed by atoms with van der Waals surface area (Å²) in [5, 5.41) is 0.757. The molecule has 1 aromatic heterocycles. The van der Waals surface area contributed by atoms with E-state index in [9.17, 15) is 4.79 Å². The Balaban J connectivity index is 2.30. The predicted molar refractivity (Wildman–Crippen MR) is 73.0 cm³/mol. The number of aryl methyl sites for hydroxylation is 1. The number of rotatable bonds is 3. The van der Waals surface area contributed by atoms with E-state index in [1.165, 1.54) is 12.8 Å². The first-order valence-corrected chi connectivity index (χ1v) is 6.72. The molecule has 1 saturated carbocycles. The lowest BCUT2D eigenvalue weighted by molar-refractivity contribution is 0.607. The third-order valence-electron chi connectivity index (χ3n) is 3.53. The molecular formula is C15H18N2O. The number of fused-ring (bicyclic) bond motifs is 1. The van der Waals surface area contributed by atoms with Crippen LogP contribution in [0.5, 0.6) is 0 Å². The molecule has 1 heterocycles. The Morgan fingerprint density at radius 1 is 1.39 bits per heavy atom. The van der Waals surface area contributed by atoms with Crippen molar-refractivity contribution >= 4 is 10.9 Å². The predicted octanol–water partition coefficient (Wildman–Crippen LogP) is 2.99. The Morgan fingerprint density at radius 3 is 2.83 bits per heavy atom. The third kappa shape index (κ3) is 1.84. The van der Waals surface area contributed by atoms with Crippen LogP contribution in [0.3, 0.4) is 0 Å². The third-order valence-corrected chi connectivity index (χ3v) is 3.53. The molecule has 0 bridgehead atoms. The van der Waals surface area contributed by atoms with E-state index in [4.69, 9.17) is 4.98 Å². The summed E-state index contributed by atoms with van der Waals surface area (Å²) in [5.74, 6) is 1.51. The van der Waals surface area contributed by atoms with Crippen molar-refractivity contribution in [2.24, 2.45) is 0 Å². The zero-order valence-corrected chi connectivity index (χ0v) is 10.9. The highest BCUT2D eigenvalue weighted by Gasteiger charge is 2.29. The number of benzene rings is 1. The van der Waals surface area contributed by atoms with Gasteiger partial charge in [-0.25, -0.2) is 4.98 Å². The van der Waals surface area contributed by atoms with Crippen molar-refractivity contribution in [3.05, 3.63) is 39.9 Å². The Morgan fingerprint density at radius 2 is 2.17 bits per heavy atom. The Bertz CT molecular complexity index is 653. The number of aromatic nitrogens is 2. The minimum absolute atomic E-state index is 0.132. The van der Waals surface area contributed by atoms with E-state index in [-0.39, 0.29) is 5.56 Å². The lowest BCUT2D eigenvalue weighted by Crippen LogP contribution is -2.25. The Labute approximate surface area is 106 Å². The average Bonchev–Trinajstić information content (AvgIpc) is 3.17. The monoisotopic (exact) mass is 242 g/mol. The maximum absolute atomic E-state index is 12.5. The second-order valence-electron chi connectivity index (χ2n) is 5.22. The fourth-order valence-corrected chi connectivity index (χ4v) is 2.44. The average molecular weight is 242 g/mol. The molecule has 18 heavy (non-hydrogen) atoms. The van der Waals surface area contributed by atoms with Crippen LogP contribution in [-0.4, -0.2) is 9.55 Å². The van der Waals surface area contributed by atoms with Gasteiger partial charge in [0, 0.05) is 12.5 Å². The van der Waals surface area contributed by atoms with Crippen molar-refractivity contribution in [3.63, 3.8) is 0 Å². The van der Waals surface area contributed by atoms with E-state index in [1.807, 2.05) is 29.7 Å². The summed E-state index contributed by atoms with van der Waals surface area (Å²) >= 11 is 0. The number of hydrogen-bond acceptors (Lipinski definition) is 2. The molecule has 0 amide bonds. The highest BCUT2D eigenvalue weighted by molar-refractivity contribution is 5.78. The molecule has 94 valence electrons. The van der Waals surface area contributed by atoms with E-state index >= 15 is 0 Å². The summed E-state index contributed by atoms with van der Waals surface area (Å²) in [6.45, 7) is 4.89. The smallest absolute Gasteiger partial charge is 0.261 e. The van der Waals surface area contributed by atoms with Crippen molar-refractivity contribution < 1.29 is 0 Å². The molecular weight excluding hydrogens is 224 g/mol. The fraction of sp³-hybridized carbons (Fsp3) is 0.467. The van der Waals surface area contributed by atoms with Gasteiger partial charge in [0.2, 0.25) is 0 Å². The van der Waals surface area contributed by atoms with Gasteiger partial charge < -0.3 is 0 Å². The molecule has 2 aromatic rings. The molecule has 1 aromatic carbocycles. The lowest BCUT2D eigenvalue weighted by atomic mass is 10.1. The van der Waals surface area contributed by atoms with Gasteiger partial charge in [-0.1, -0.05) is 18.6 Å². The molecule has 0 saturated heterocycles. The summed E-state index contributed by atoms with van der Waals surface area (Å²) in [5.41, 5.74) is 2.09. The normalized spacial score (nSPS) is 15.2. The van der Waals surface area contributed by atoms with Crippen molar-refractivity contribution in [2.75, 3.05) is 0 Å². The first-order valence-electron chi connectivity index (χ1n) is 6.72. The summed E-state index contributed by atoms with van der Waals surface area (Å²) < 4.78 is 1.89. The molecule has 0 atom stereocenters. The second kappa shape index (κ2) is 4.23. The summed E-state index contributed by atoms with van der Waals surface area (Å²) in [7, 11) is 0. The van der Waals surface area contributed by atoms with Gasteiger partial charge in [-0.3, -0.25) is 9.36 Å². The maximum Gasteiger partial charge on any atom is 0.261 e. The van der Waals surface area contributed by atoms with E-state index < -0.39 is 0 Å². The molecule has 0 spiro atoms. The topological polar surface area (TPSA) is 34.9 Å². The largest absolute Gasteiger partial charge is 0.296 e. The standard InChI is InChI=1S/C15H18N2O/c1-3-8-17-14(11-5-6-11)16-13-7-4-10(2)9-12(13)15(17)18/h4,7,9,11H,3,5-6,8H2,1-2H3. The Kier molecular flexibility index (Phi) is 2.69. The van der Waals surface area contributed by atoms with Gasteiger partial charge in [0.25, 0.3) is 5.56 Å². The SMILES string of the molecule is CCCn1c(C2CC2)nc2ccc(C)cc2c1=O. The summed E-state index contributed by atoms with van der Waals surface area (Å²) in [6, 6.07) is 5.94. The number of hydrogen-bond donors (Lipinski definition) is 0. The van der Waals surface area contributed by atoms with Crippen LogP contribution in [0.25, 0.3) is 10.9 Å². The Hall–Kier alpha value is -1.64. The molecule has 0 N–H and O–H groups in total. The van der Waals surface area contributed by atoms with Crippen LogP contribution >= 0.6 is 0 Å². The molecule has 0 radical (unpaired) electrons. The molecule has 1 aliphatic rings. The first kappa shape index (κ1) is 11.5. The van der Waals surface area contributed by atoms with Gasteiger partial charge in [0.05, 0.1) is 10.9 Å². The van der Waals surface area contributed by atoms with Gasteiger partial charge in [-0.2, -0.15) is 0 Å². The molecule has 0 unspecified atom stereocenters. The van der Waals surface area contributed by atoms with Crippen LogP contribution in [0.2, 0.25) is 0 Å². The van der Waals surface area contributed by atoms with E-state index in [2.05, 4.69) is 6.92 Å². The molecule has 1 aliphatic carbocycles. The number of nitrogens with zero attached hydrogens (tertiary/aromatic N) is 2. The van der Waals surface area contributed by atoms with Crippen molar-refractivity contribution in [1.82, 2.24) is 9.55 Å². The fourth-order valence-electron chi connectivity index (χ4n) is 2.44. The first-order chi connectivity index (χ1) is 8.70.